The van der Waals surface area contributed by atoms with Crippen LogP contribution in [0.1, 0.15) is 53.9 Å². The topological polar surface area (TPSA) is 134 Å². The molecule has 1 atom stereocenters. The Morgan fingerprint density at radius 2 is 1.77 bits per heavy atom. The van der Waals surface area contributed by atoms with Crippen LogP contribution in [0.5, 0.6) is 28.7 Å². The SMILES string of the molecule is COc1ccc(Cn2c3c(c(O)c(C(=O)O)c2=O)[C@@H](C(C)(C)C)Cc2c-3nc3c(OC(F)F)cc(OC)cn23)c(OC)c1. The van der Waals surface area contributed by atoms with Gasteiger partial charge in [0, 0.05) is 29.2 Å². The number of aromatic carboxylic acids is 1. The molecule has 0 aliphatic heterocycles. The number of fused-ring (bicyclic) bond motifs is 5. The fourth-order valence-electron chi connectivity index (χ4n) is 5.66. The second-order valence-corrected chi connectivity index (χ2v) is 11.2. The summed E-state index contributed by atoms with van der Waals surface area (Å²) in [5.41, 5.74) is -0.635. The molecule has 0 fully saturated rings. The molecule has 3 heterocycles. The number of rotatable bonds is 8. The van der Waals surface area contributed by atoms with Crippen LogP contribution in [0.2, 0.25) is 0 Å². The zero-order chi connectivity index (χ0) is 31.4. The first-order valence-corrected chi connectivity index (χ1v) is 13.3. The minimum Gasteiger partial charge on any atom is -0.506 e. The fraction of sp³-hybridized carbons (Fsp3) is 0.367. The highest BCUT2D eigenvalue weighted by atomic mass is 19.3. The van der Waals surface area contributed by atoms with Gasteiger partial charge in [-0.15, -0.1) is 0 Å². The van der Waals surface area contributed by atoms with E-state index in [1.165, 1.54) is 32.0 Å². The van der Waals surface area contributed by atoms with Gasteiger partial charge in [0.05, 0.1) is 45.5 Å². The van der Waals surface area contributed by atoms with Crippen LogP contribution < -0.4 is 24.5 Å². The lowest BCUT2D eigenvalue weighted by Crippen LogP contribution is -2.34. The molecule has 1 aliphatic carbocycles. The first-order valence-electron chi connectivity index (χ1n) is 13.3. The molecule has 4 aromatic rings. The van der Waals surface area contributed by atoms with Gasteiger partial charge in [0.25, 0.3) is 5.56 Å². The van der Waals surface area contributed by atoms with Gasteiger partial charge in [0.1, 0.15) is 28.7 Å². The Kier molecular flexibility index (Phi) is 7.45. The van der Waals surface area contributed by atoms with Gasteiger partial charge in [-0.3, -0.25) is 9.20 Å². The molecule has 0 radical (unpaired) electrons. The van der Waals surface area contributed by atoms with Crippen molar-refractivity contribution < 1.29 is 42.7 Å². The van der Waals surface area contributed by atoms with Crippen molar-refractivity contribution in [1.29, 1.82) is 0 Å². The maximum atomic E-state index is 13.9. The van der Waals surface area contributed by atoms with Crippen LogP contribution in [0, 0.1) is 5.41 Å². The lowest BCUT2D eigenvalue weighted by atomic mass is 9.70. The first kappa shape index (κ1) is 29.7. The molecular weight excluding hydrogens is 568 g/mol. The third-order valence-corrected chi connectivity index (χ3v) is 7.74. The van der Waals surface area contributed by atoms with E-state index in [9.17, 15) is 28.6 Å². The predicted octanol–water partition coefficient (Wildman–Crippen LogP) is 4.93. The number of hydrogen-bond donors (Lipinski definition) is 2. The fourth-order valence-corrected chi connectivity index (χ4v) is 5.66. The minimum atomic E-state index is -3.15. The van der Waals surface area contributed by atoms with Crippen LogP contribution in [-0.2, 0) is 13.0 Å². The molecule has 11 nitrogen and oxygen atoms in total. The third-order valence-electron chi connectivity index (χ3n) is 7.74. The number of carboxylic acid groups (broad SMARTS) is 1. The molecular formula is C30H31F2N3O8. The molecule has 0 bridgehead atoms. The number of benzene rings is 1. The predicted molar refractivity (Wildman–Crippen MR) is 151 cm³/mol. The quantitative estimate of drug-likeness (QED) is 0.289. The lowest BCUT2D eigenvalue weighted by Gasteiger charge is -2.37. The van der Waals surface area contributed by atoms with E-state index in [1.54, 1.807) is 28.8 Å². The normalized spacial score (nSPS) is 14.4. The van der Waals surface area contributed by atoms with Crippen molar-refractivity contribution in [3.63, 3.8) is 0 Å². The van der Waals surface area contributed by atoms with Crippen molar-refractivity contribution >= 4 is 11.6 Å². The van der Waals surface area contributed by atoms with Gasteiger partial charge in [0.15, 0.2) is 17.0 Å². The number of carbonyl (C=O) groups is 1. The highest BCUT2D eigenvalue weighted by Crippen LogP contribution is 2.51. The maximum Gasteiger partial charge on any atom is 0.387 e. The van der Waals surface area contributed by atoms with E-state index in [2.05, 4.69) is 4.98 Å². The molecule has 0 spiro atoms. The van der Waals surface area contributed by atoms with Crippen LogP contribution >= 0.6 is 0 Å². The van der Waals surface area contributed by atoms with Crippen molar-refractivity contribution in [2.75, 3.05) is 21.3 Å². The molecule has 0 unspecified atom stereocenters. The van der Waals surface area contributed by atoms with E-state index < -0.39 is 40.8 Å². The highest BCUT2D eigenvalue weighted by Gasteiger charge is 2.42. The average molecular weight is 600 g/mol. The Labute approximate surface area is 244 Å². The van der Waals surface area contributed by atoms with Crippen LogP contribution in [0.15, 0.2) is 35.3 Å². The summed E-state index contributed by atoms with van der Waals surface area (Å²) in [7, 11) is 4.33. The second-order valence-electron chi connectivity index (χ2n) is 11.2. The highest BCUT2D eigenvalue weighted by molar-refractivity contribution is 5.92. The summed E-state index contributed by atoms with van der Waals surface area (Å²) >= 11 is 0. The summed E-state index contributed by atoms with van der Waals surface area (Å²) in [4.78, 5) is 30.9. The first-order chi connectivity index (χ1) is 20.3. The van der Waals surface area contributed by atoms with Crippen LogP contribution in [0.3, 0.4) is 0 Å². The van der Waals surface area contributed by atoms with Crippen molar-refractivity contribution in [1.82, 2.24) is 14.0 Å². The molecule has 1 aromatic carbocycles. The standard InChI is InChI=1S/C30H31F2N3O8/c1-30(2,3)17-11-18-23(33-26-20(43-29(31)32)10-16(41-5)13-34(18)26)24-21(17)25(36)22(28(38)39)27(37)35(24)12-14-7-8-15(40-4)9-19(14)42-6/h7-10,13,17,29,36H,11-12H2,1-6H3,(H,38,39)/t17-/m0/s1. The van der Waals surface area contributed by atoms with E-state index in [0.717, 1.165) is 0 Å². The monoisotopic (exact) mass is 599 g/mol. The number of aromatic hydroxyl groups is 1. The number of carboxylic acids is 1. The van der Waals surface area contributed by atoms with E-state index in [0.29, 0.717) is 22.8 Å². The molecule has 0 saturated heterocycles. The van der Waals surface area contributed by atoms with Gasteiger partial charge in [0.2, 0.25) is 0 Å². The molecule has 13 heteroatoms. The minimum absolute atomic E-state index is 0.0365. The molecule has 43 heavy (non-hydrogen) atoms. The van der Waals surface area contributed by atoms with E-state index in [4.69, 9.17) is 18.9 Å². The molecule has 2 N–H and O–H groups in total. The number of ether oxygens (including phenoxy) is 4. The number of alkyl halides is 2. The number of nitrogens with zero attached hydrogens (tertiary/aromatic N) is 3. The summed E-state index contributed by atoms with van der Waals surface area (Å²) in [6, 6.07) is 6.25. The van der Waals surface area contributed by atoms with E-state index in [1.807, 2.05) is 20.8 Å². The van der Waals surface area contributed by atoms with Gasteiger partial charge in [-0.25, -0.2) is 9.78 Å². The van der Waals surface area contributed by atoms with Crippen molar-refractivity contribution in [3.05, 3.63) is 63.2 Å². The van der Waals surface area contributed by atoms with Gasteiger partial charge in [-0.05, 0) is 24.0 Å². The van der Waals surface area contributed by atoms with Crippen molar-refractivity contribution in [3.8, 4) is 40.1 Å². The average Bonchev–Trinajstić information content (AvgIpc) is 3.32. The zero-order valence-corrected chi connectivity index (χ0v) is 24.4. The lowest BCUT2D eigenvalue weighted by molar-refractivity contribution is -0.0492. The summed E-state index contributed by atoms with van der Waals surface area (Å²) in [6.07, 6.45) is 1.80. The van der Waals surface area contributed by atoms with Crippen molar-refractivity contribution in [2.45, 2.75) is 46.3 Å². The van der Waals surface area contributed by atoms with Crippen LogP contribution in [0.4, 0.5) is 8.78 Å². The van der Waals surface area contributed by atoms with Gasteiger partial charge >= 0.3 is 12.6 Å². The molecule has 5 rings (SSSR count). The number of hydrogen-bond acceptors (Lipinski definition) is 8. The largest absolute Gasteiger partial charge is 0.506 e. The van der Waals surface area contributed by atoms with Gasteiger partial charge in [-0.1, -0.05) is 20.8 Å². The summed E-state index contributed by atoms with van der Waals surface area (Å²) in [6.45, 7) is 2.45. The third kappa shape index (κ3) is 4.98. The van der Waals surface area contributed by atoms with Gasteiger partial charge in [-0.2, -0.15) is 8.78 Å². The number of halogens is 2. The number of aromatic nitrogens is 3. The maximum absolute atomic E-state index is 13.9. The summed E-state index contributed by atoms with van der Waals surface area (Å²) < 4.78 is 50.6. The molecule has 3 aromatic heterocycles. The summed E-state index contributed by atoms with van der Waals surface area (Å²) in [5, 5.41) is 21.5. The number of methoxy groups -OCH3 is 3. The van der Waals surface area contributed by atoms with Crippen molar-refractivity contribution in [2.24, 2.45) is 5.41 Å². The molecule has 1 aliphatic rings. The second kappa shape index (κ2) is 10.8. The Morgan fingerprint density at radius 1 is 1.09 bits per heavy atom. The van der Waals surface area contributed by atoms with Gasteiger partial charge < -0.3 is 33.7 Å². The van der Waals surface area contributed by atoms with Crippen LogP contribution in [-0.4, -0.2) is 58.1 Å². The Hall–Kier alpha value is -4.81. The van der Waals surface area contributed by atoms with E-state index in [-0.39, 0.29) is 47.1 Å². The molecule has 228 valence electrons. The Morgan fingerprint density at radius 3 is 2.35 bits per heavy atom. The molecule has 0 saturated carbocycles. The number of imidazole rings is 1. The summed E-state index contributed by atoms with van der Waals surface area (Å²) in [5.74, 6) is -1.92. The Bertz CT molecular complexity index is 1810. The smallest absolute Gasteiger partial charge is 0.387 e. The van der Waals surface area contributed by atoms with E-state index >= 15 is 0 Å². The molecule has 0 amide bonds. The van der Waals surface area contributed by atoms with Crippen LogP contribution in [0.25, 0.3) is 17.0 Å². The zero-order valence-electron chi connectivity index (χ0n) is 24.4. The Balaban J connectivity index is 1.92. The number of pyridine rings is 2.